The number of likely N-dealkylation sites (tertiary alicyclic amines) is 2. The number of thiophene rings is 1. The molecule has 7 rings (SSSR count). The molecule has 1 amide bonds. The Morgan fingerprint density at radius 2 is 1.72 bits per heavy atom. The molecule has 2 saturated heterocycles. The highest BCUT2D eigenvalue weighted by molar-refractivity contribution is 7.22. The molecule has 2 aliphatic rings. The number of pyridine rings is 1. The van der Waals surface area contributed by atoms with E-state index < -0.39 is 11.7 Å². The van der Waals surface area contributed by atoms with Gasteiger partial charge in [-0.05, 0) is 84.7 Å². The number of carbonyl (C=O) groups excluding carboxylic acids is 1. The second-order valence-electron chi connectivity index (χ2n) is 11.3. The third-order valence-corrected chi connectivity index (χ3v) is 9.71. The molecule has 9 heteroatoms. The van der Waals surface area contributed by atoms with E-state index >= 15 is 0 Å². The van der Waals surface area contributed by atoms with E-state index in [-0.39, 0.29) is 18.6 Å². The molecule has 43 heavy (non-hydrogen) atoms. The minimum absolute atomic E-state index is 0.00660. The van der Waals surface area contributed by atoms with Crippen LogP contribution in [0.3, 0.4) is 0 Å². The molecule has 2 aromatic heterocycles. The van der Waals surface area contributed by atoms with Gasteiger partial charge in [0.05, 0.1) is 22.8 Å². The Bertz CT molecular complexity index is 1760. The minimum atomic E-state index is -4.38. The van der Waals surface area contributed by atoms with Crippen LogP contribution in [-0.2, 0) is 12.7 Å². The molecular weight excluding hydrogens is 569 g/mol. The Labute approximate surface area is 251 Å². The molecule has 0 saturated carbocycles. The molecule has 1 N–H and O–H groups in total. The summed E-state index contributed by atoms with van der Waals surface area (Å²) in [6.07, 6.45) is -0.00527. The Balaban J connectivity index is 1.25. The van der Waals surface area contributed by atoms with Gasteiger partial charge in [0.25, 0.3) is 5.91 Å². The van der Waals surface area contributed by atoms with Crippen molar-refractivity contribution in [3.8, 4) is 10.4 Å². The van der Waals surface area contributed by atoms with Gasteiger partial charge < -0.3 is 10.2 Å². The van der Waals surface area contributed by atoms with Crippen LogP contribution in [0.4, 0.5) is 19.0 Å². The molecule has 0 spiro atoms. The van der Waals surface area contributed by atoms with Gasteiger partial charge in [-0.15, -0.1) is 11.3 Å². The van der Waals surface area contributed by atoms with Crippen molar-refractivity contribution >= 4 is 44.1 Å². The number of anilines is 1. The predicted molar refractivity (Wildman–Crippen MR) is 166 cm³/mol. The van der Waals surface area contributed by atoms with E-state index in [1.165, 1.54) is 22.2 Å². The highest BCUT2D eigenvalue weighted by atomic mass is 32.1. The van der Waals surface area contributed by atoms with Crippen LogP contribution in [0.25, 0.3) is 31.4 Å². The molecular formula is C34H31F3N4OS. The second kappa shape index (κ2) is 11.3. The number of rotatable bonds is 6. The fourth-order valence-corrected chi connectivity index (χ4v) is 7.39. The molecule has 2 fully saturated rings. The SMILES string of the molecule is O=C(c1cc(NCc2ccc(C(F)(F)F)cc2)nc2ccc(-c3cc4ccccc4s3)cc12)N1CCCC1N1CCCC1. The summed E-state index contributed by atoms with van der Waals surface area (Å²) in [5.74, 6) is 0.509. The summed E-state index contributed by atoms with van der Waals surface area (Å²) < 4.78 is 40.3. The quantitative estimate of drug-likeness (QED) is 0.213. The Kier molecular flexibility index (Phi) is 7.31. The van der Waals surface area contributed by atoms with Crippen molar-refractivity contribution in [1.29, 1.82) is 0 Å². The molecule has 220 valence electrons. The van der Waals surface area contributed by atoms with E-state index in [1.54, 1.807) is 11.3 Å². The molecule has 0 bridgehead atoms. The maximum atomic E-state index is 14.3. The topological polar surface area (TPSA) is 48.5 Å². The van der Waals surface area contributed by atoms with Gasteiger partial charge in [-0.1, -0.05) is 36.4 Å². The maximum absolute atomic E-state index is 14.3. The zero-order chi connectivity index (χ0) is 29.6. The maximum Gasteiger partial charge on any atom is 0.416 e. The zero-order valence-electron chi connectivity index (χ0n) is 23.5. The number of nitrogens with one attached hydrogen (secondary N) is 1. The van der Waals surface area contributed by atoms with Gasteiger partial charge in [-0.2, -0.15) is 13.2 Å². The molecule has 1 atom stereocenters. The second-order valence-corrected chi connectivity index (χ2v) is 12.4. The summed E-state index contributed by atoms with van der Waals surface area (Å²) in [6, 6.07) is 23.4. The summed E-state index contributed by atoms with van der Waals surface area (Å²) in [5.41, 5.74) is 2.33. The molecule has 5 nitrogen and oxygen atoms in total. The Morgan fingerprint density at radius 3 is 2.49 bits per heavy atom. The van der Waals surface area contributed by atoms with Crippen LogP contribution < -0.4 is 5.32 Å². The first-order valence-corrected chi connectivity index (χ1v) is 15.5. The summed E-state index contributed by atoms with van der Waals surface area (Å²) in [6.45, 7) is 3.03. The number of benzene rings is 3. The first-order chi connectivity index (χ1) is 20.8. The van der Waals surface area contributed by atoms with Gasteiger partial charge in [0.1, 0.15) is 5.82 Å². The lowest BCUT2D eigenvalue weighted by Gasteiger charge is -2.32. The van der Waals surface area contributed by atoms with Crippen LogP contribution in [0.5, 0.6) is 0 Å². The summed E-state index contributed by atoms with van der Waals surface area (Å²) in [7, 11) is 0. The normalized spacial score (nSPS) is 17.7. The van der Waals surface area contributed by atoms with Gasteiger partial charge in [-0.25, -0.2) is 4.98 Å². The number of aromatic nitrogens is 1. The summed E-state index contributed by atoms with van der Waals surface area (Å²) >= 11 is 1.72. The highest BCUT2D eigenvalue weighted by Gasteiger charge is 2.35. The van der Waals surface area contributed by atoms with Gasteiger partial charge in [0, 0.05) is 41.1 Å². The highest BCUT2D eigenvalue weighted by Crippen LogP contribution is 2.37. The van der Waals surface area contributed by atoms with E-state index in [2.05, 4.69) is 34.5 Å². The van der Waals surface area contributed by atoms with E-state index in [0.717, 1.165) is 66.7 Å². The third-order valence-electron chi connectivity index (χ3n) is 8.55. The summed E-state index contributed by atoms with van der Waals surface area (Å²) in [4.78, 5) is 24.7. The molecule has 5 aromatic rings. The van der Waals surface area contributed by atoms with Crippen molar-refractivity contribution in [2.45, 2.75) is 44.6 Å². The van der Waals surface area contributed by atoms with Crippen LogP contribution in [0.1, 0.15) is 47.2 Å². The number of alkyl halides is 3. The fourth-order valence-electron chi connectivity index (χ4n) is 6.33. The molecule has 0 aliphatic carbocycles. The molecule has 3 aromatic carbocycles. The first-order valence-electron chi connectivity index (χ1n) is 14.7. The number of hydrogen-bond acceptors (Lipinski definition) is 5. The van der Waals surface area contributed by atoms with Gasteiger partial charge >= 0.3 is 6.18 Å². The lowest BCUT2D eigenvalue weighted by molar-refractivity contribution is -0.137. The number of halogens is 3. The minimum Gasteiger partial charge on any atom is -0.366 e. The van der Waals surface area contributed by atoms with Crippen molar-refractivity contribution in [3.63, 3.8) is 0 Å². The van der Waals surface area contributed by atoms with E-state index in [4.69, 9.17) is 4.98 Å². The van der Waals surface area contributed by atoms with Crippen LogP contribution >= 0.6 is 11.3 Å². The molecule has 4 heterocycles. The van der Waals surface area contributed by atoms with Crippen molar-refractivity contribution in [2.75, 3.05) is 25.0 Å². The summed E-state index contributed by atoms with van der Waals surface area (Å²) in [5, 5.41) is 5.24. The van der Waals surface area contributed by atoms with Gasteiger partial charge in [0.15, 0.2) is 0 Å². The fraction of sp³-hybridized carbons (Fsp3) is 0.294. The lowest BCUT2D eigenvalue weighted by Crippen LogP contribution is -2.46. The molecule has 1 unspecified atom stereocenters. The largest absolute Gasteiger partial charge is 0.416 e. The average molecular weight is 601 g/mol. The van der Waals surface area contributed by atoms with Gasteiger partial charge in [-0.3, -0.25) is 9.69 Å². The lowest BCUT2D eigenvalue weighted by atomic mass is 10.0. The third kappa shape index (κ3) is 5.59. The molecule has 2 aliphatic heterocycles. The number of hydrogen-bond donors (Lipinski definition) is 1. The zero-order valence-corrected chi connectivity index (χ0v) is 24.3. The van der Waals surface area contributed by atoms with Gasteiger partial charge in [0.2, 0.25) is 0 Å². The predicted octanol–water partition coefficient (Wildman–Crippen LogP) is 8.41. The smallest absolute Gasteiger partial charge is 0.366 e. The first kappa shape index (κ1) is 27.9. The van der Waals surface area contributed by atoms with Crippen LogP contribution in [-0.4, -0.2) is 46.5 Å². The van der Waals surface area contributed by atoms with Crippen LogP contribution in [0.15, 0.2) is 78.9 Å². The van der Waals surface area contributed by atoms with Crippen LogP contribution in [0, 0.1) is 0 Å². The standard InChI is InChI=1S/C34H31F3N4OS/c35-34(36,37)25-12-9-22(10-13-25)21-38-31-20-27(33(42)41-17-5-8-32(41)40-15-3-4-16-40)26-18-24(11-14-28(26)39-31)30-19-23-6-1-2-7-29(23)43-30/h1-2,6-7,9-14,18-20,32H,3-5,8,15-17,21H2,(H,38,39). The Morgan fingerprint density at radius 1 is 0.930 bits per heavy atom. The van der Waals surface area contributed by atoms with E-state index in [1.807, 2.05) is 35.2 Å². The monoisotopic (exact) mass is 600 g/mol. The average Bonchev–Trinajstić information content (AvgIpc) is 3.79. The number of amides is 1. The van der Waals surface area contributed by atoms with Crippen molar-refractivity contribution < 1.29 is 18.0 Å². The van der Waals surface area contributed by atoms with Crippen molar-refractivity contribution in [2.24, 2.45) is 0 Å². The molecule has 0 radical (unpaired) electrons. The number of fused-ring (bicyclic) bond motifs is 2. The van der Waals surface area contributed by atoms with Crippen LogP contribution in [0.2, 0.25) is 0 Å². The Hall–Kier alpha value is -3.95. The number of carbonyl (C=O) groups is 1. The van der Waals surface area contributed by atoms with E-state index in [9.17, 15) is 18.0 Å². The van der Waals surface area contributed by atoms with E-state index in [0.29, 0.717) is 29.0 Å². The van der Waals surface area contributed by atoms with Crippen molar-refractivity contribution in [3.05, 3.63) is 95.6 Å². The number of nitrogens with zero attached hydrogens (tertiary/aromatic N) is 3. The van der Waals surface area contributed by atoms with Crippen molar-refractivity contribution in [1.82, 2.24) is 14.8 Å².